The number of rotatable bonds is 3. The summed E-state index contributed by atoms with van der Waals surface area (Å²) >= 11 is 5.78. The molecule has 1 nitrogen and oxygen atoms in total. The largest absolute Gasteiger partial charge is 0.393 e. The molecule has 1 radical (unpaired) electrons. The number of hydrogen-bond donors (Lipinski definition) is 1. The standard InChI is InChI=1S/C10H12ClO/c1-8(12)5-6-9-3-2-4-10(11)7-9/h2-4,6-8,12H,5H2,1H3. The zero-order valence-electron chi connectivity index (χ0n) is 7.00. The summed E-state index contributed by atoms with van der Waals surface area (Å²) < 4.78 is 0. The Bertz CT molecular complexity index is 245. The molecule has 1 aromatic rings. The van der Waals surface area contributed by atoms with E-state index in [9.17, 15) is 0 Å². The monoisotopic (exact) mass is 183 g/mol. The summed E-state index contributed by atoms with van der Waals surface area (Å²) in [6, 6.07) is 7.58. The highest BCUT2D eigenvalue weighted by Crippen LogP contribution is 2.13. The molecular formula is C10H12ClO. The normalized spacial score (nSPS) is 12.9. The highest BCUT2D eigenvalue weighted by Gasteiger charge is 1.98. The molecule has 0 aromatic heterocycles. The molecular weight excluding hydrogens is 172 g/mol. The molecule has 1 rings (SSSR count). The zero-order valence-corrected chi connectivity index (χ0v) is 7.75. The Morgan fingerprint density at radius 3 is 2.92 bits per heavy atom. The molecule has 0 bridgehead atoms. The van der Waals surface area contributed by atoms with Crippen molar-refractivity contribution in [3.8, 4) is 0 Å². The van der Waals surface area contributed by atoms with Crippen LogP contribution in [-0.2, 0) is 0 Å². The highest BCUT2D eigenvalue weighted by atomic mass is 35.5. The van der Waals surface area contributed by atoms with Crippen LogP contribution in [0.1, 0.15) is 18.9 Å². The van der Waals surface area contributed by atoms with Gasteiger partial charge in [-0.1, -0.05) is 23.7 Å². The van der Waals surface area contributed by atoms with E-state index in [-0.39, 0.29) is 6.10 Å². The summed E-state index contributed by atoms with van der Waals surface area (Å²) in [6.45, 7) is 1.76. The maximum Gasteiger partial charge on any atom is 0.0518 e. The van der Waals surface area contributed by atoms with E-state index in [4.69, 9.17) is 16.7 Å². The van der Waals surface area contributed by atoms with Crippen molar-refractivity contribution in [1.82, 2.24) is 0 Å². The molecule has 0 heterocycles. The maximum absolute atomic E-state index is 9.02. The first-order valence-electron chi connectivity index (χ1n) is 3.95. The molecule has 0 saturated carbocycles. The quantitative estimate of drug-likeness (QED) is 0.764. The lowest BCUT2D eigenvalue weighted by atomic mass is 10.1. The predicted molar refractivity (Wildman–Crippen MR) is 51.2 cm³/mol. The third kappa shape index (κ3) is 3.24. The van der Waals surface area contributed by atoms with Crippen molar-refractivity contribution >= 4 is 11.6 Å². The van der Waals surface area contributed by atoms with Crippen LogP contribution in [0.2, 0.25) is 5.02 Å². The Kier molecular flexibility index (Phi) is 3.57. The lowest BCUT2D eigenvalue weighted by Gasteiger charge is -2.03. The van der Waals surface area contributed by atoms with Crippen molar-refractivity contribution < 1.29 is 5.11 Å². The van der Waals surface area contributed by atoms with Crippen molar-refractivity contribution in [3.63, 3.8) is 0 Å². The Morgan fingerprint density at radius 2 is 2.33 bits per heavy atom. The molecule has 1 atom stereocenters. The average Bonchev–Trinajstić information content (AvgIpc) is 2.01. The van der Waals surface area contributed by atoms with E-state index in [2.05, 4.69) is 0 Å². The lowest BCUT2D eigenvalue weighted by molar-refractivity contribution is 0.195. The van der Waals surface area contributed by atoms with E-state index < -0.39 is 0 Å². The summed E-state index contributed by atoms with van der Waals surface area (Å²) in [5.41, 5.74) is 1.06. The first kappa shape index (κ1) is 9.56. The van der Waals surface area contributed by atoms with Crippen molar-refractivity contribution in [2.45, 2.75) is 19.4 Å². The summed E-state index contributed by atoms with van der Waals surface area (Å²) in [7, 11) is 0. The van der Waals surface area contributed by atoms with Crippen LogP contribution < -0.4 is 0 Å². The van der Waals surface area contributed by atoms with E-state index in [1.54, 1.807) is 6.92 Å². The second kappa shape index (κ2) is 4.48. The first-order valence-corrected chi connectivity index (χ1v) is 4.33. The van der Waals surface area contributed by atoms with Gasteiger partial charge in [0.2, 0.25) is 0 Å². The minimum absolute atomic E-state index is 0.288. The third-order valence-electron chi connectivity index (χ3n) is 1.54. The minimum Gasteiger partial charge on any atom is -0.393 e. The number of benzene rings is 1. The second-order valence-corrected chi connectivity index (χ2v) is 3.28. The number of halogens is 1. The van der Waals surface area contributed by atoms with Gasteiger partial charge in [-0.25, -0.2) is 0 Å². The summed E-state index contributed by atoms with van der Waals surface area (Å²) in [6.07, 6.45) is 2.35. The Morgan fingerprint density at radius 1 is 1.58 bits per heavy atom. The van der Waals surface area contributed by atoms with E-state index in [0.717, 1.165) is 10.6 Å². The zero-order chi connectivity index (χ0) is 8.97. The van der Waals surface area contributed by atoms with Gasteiger partial charge in [-0.15, -0.1) is 0 Å². The van der Waals surface area contributed by atoms with Crippen molar-refractivity contribution in [3.05, 3.63) is 41.3 Å². The Balaban J connectivity index is 2.52. The molecule has 0 amide bonds. The van der Waals surface area contributed by atoms with Gasteiger partial charge in [0.15, 0.2) is 0 Å². The Labute approximate surface area is 78.0 Å². The van der Waals surface area contributed by atoms with Gasteiger partial charge >= 0.3 is 0 Å². The van der Waals surface area contributed by atoms with Crippen LogP contribution in [0.3, 0.4) is 0 Å². The molecule has 0 saturated heterocycles. The van der Waals surface area contributed by atoms with Crippen LogP contribution in [0, 0.1) is 6.42 Å². The van der Waals surface area contributed by atoms with Crippen molar-refractivity contribution in [1.29, 1.82) is 0 Å². The lowest BCUT2D eigenvalue weighted by Crippen LogP contribution is -1.99. The van der Waals surface area contributed by atoms with Gasteiger partial charge in [0.25, 0.3) is 0 Å². The Hall–Kier alpha value is -0.530. The van der Waals surface area contributed by atoms with Gasteiger partial charge in [0, 0.05) is 5.02 Å². The van der Waals surface area contributed by atoms with Gasteiger partial charge < -0.3 is 5.11 Å². The van der Waals surface area contributed by atoms with Crippen LogP contribution in [0.4, 0.5) is 0 Å². The molecule has 0 aliphatic rings. The molecule has 1 unspecified atom stereocenters. The molecule has 0 spiro atoms. The summed E-state index contributed by atoms with van der Waals surface area (Å²) in [5.74, 6) is 0. The smallest absolute Gasteiger partial charge is 0.0518 e. The summed E-state index contributed by atoms with van der Waals surface area (Å²) in [4.78, 5) is 0. The van der Waals surface area contributed by atoms with Crippen LogP contribution in [0.25, 0.3) is 0 Å². The van der Waals surface area contributed by atoms with E-state index in [1.165, 1.54) is 0 Å². The van der Waals surface area contributed by atoms with Gasteiger partial charge in [-0.3, -0.25) is 0 Å². The highest BCUT2D eigenvalue weighted by molar-refractivity contribution is 6.30. The number of hydrogen-bond acceptors (Lipinski definition) is 1. The maximum atomic E-state index is 9.02. The van der Waals surface area contributed by atoms with Gasteiger partial charge in [0.05, 0.1) is 6.10 Å². The van der Waals surface area contributed by atoms with Gasteiger partial charge in [-0.05, 0) is 37.5 Å². The van der Waals surface area contributed by atoms with E-state index >= 15 is 0 Å². The van der Waals surface area contributed by atoms with Gasteiger partial charge in [0.1, 0.15) is 0 Å². The fourth-order valence-corrected chi connectivity index (χ4v) is 1.14. The fourth-order valence-electron chi connectivity index (χ4n) is 0.940. The molecule has 65 valence electrons. The number of aliphatic hydroxyl groups is 1. The molecule has 1 aromatic carbocycles. The molecule has 0 fully saturated rings. The van der Waals surface area contributed by atoms with Crippen LogP contribution in [0.15, 0.2) is 24.3 Å². The average molecular weight is 184 g/mol. The van der Waals surface area contributed by atoms with Crippen LogP contribution >= 0.6 is 11.6 Å². The number of aliphatic hydroxyl groups excluding tert-OH is 1. The first-order chi connectivity index (χ1) is 5.68. The van der Waals surface area contributed by atoms with Crippen molar-refractivity contribution in [2.24, 2.45) is 0 Å². The van der Waals surface area contributed by atoms with Crippen molar-refractivity contribution in [2.75, 3.05) is 0 Å². The summed E-state index contributed by atoms with van der Waals surface area (Å²) in [5, 5.41) is 9.75. The van der Waals surface area contributed by atoms with Crippen LogP contribution in [0.5, 0.6) is 0 Å². The molecule has 12 heavy (non-hydrogen) atoms. The molecule has 0 aliphatic heterocycles. The minimum atomic E-state index is -0.288. The fraction of sp³-hybridized carbons (Fsp3) is 0.300. The predicted octanol–water partition coefficient (Wildman–Crippen LogP) is 2.66. The second-order valence-electron chi connectivity index (χ2n) is 2.84. The van der Waals surface area contributed by atoms with E-state index in [1.807, 2.05) is 30.7 Å². The van der Waals surface area contributed by atoms with E-state index in [0.29, 0.717) is 6.42 Å². The van der Waals surface area contributed by atoms with Crippen LogP contribution in [-0.4, -0.2) is 11.2 Å². The van der Waals surface area contributed by atoms with Gasteiger partial charge in [-0.2, -0.15) is 0 Å². The molecule has 1 N–H and O–H groups in total. The molecule has 2 heteroatoms. The molecule has 0 aliphatic carbocycles. The topological polar surface area (TPSA) is 20.2 Å². The SMILES string of the molecule is CC(O)C[CH]c1cccc(Cl)c1. The third-order valence-corrected chi connectivity index (χ3v) is 1.78.